The topological polar surface area (TPSA) is 83.6 Å². The Morgan fingerprint density at radius 1 is 1.35 bits per heavy atom. The summed E-state index contributed by atoms with van der Waals surface area (Å²) >= 11 is 0. The smallest absolute Gasteiger partial charge is 0.204 e. The molecule has 1 amide bonds. The molecule has 0 saturated heterocycles. The summed E-state index contributed by atoms with van der Waals surface area (Å²) in [5.74, 6) is -0.0418. The third-order valence-electron chi connectivity index (χ3n) is 2.89. The van der Waals surface area contributed by atoms with Gasteiger partial charge in [-0.3, -0.25) is 4.79 Å². The first kappa shape index (κ1) is 13.4. The summed E-state index contributed by atoms with van der Waals surface area (Å²) in [6, 6.07) is 7.68. The Labute approximate surface area is 100 Å². The number of amides is 1. The second kappa shape index (κ2) is 6.18. The van der Waals surface area contributed by atoms with Gasteiger partial charge in [-0.1, -0.05) is 30.3 Å². The van der Waals surface area contributed by atoms with Crippen molar-refractivity contribution in [3.63, 3.8) is 0 Å². The molecule has 3 unspecified atom stereocenters. The van der Waals surface area contributed by atoms with E-state index < -0.39 is 12.2 Å². The van der Waals surface area contributed by atoms with E-state index in [4.69, 9.17) is 4.79 Å². The predicted molar refractivity (Wildman–Crippen MR) is 65.1 cm³/mol. The Bertz CT molecular complexity index is 392. The van der Waals surface area contributed by atoms with Crippen molar-refractivity contribution in [3.8, 4) is 0 Å². The maximum Gasteiger partial charge on any atom is 0.204 e. The molecule has 0 fully saturated rings. The van der Waals surface area contributed by atoms with Crippen LogP contribution in [0.5, 0.6) is 0 Å². The van der Waals surface area contributed by atoms with Crippen molar-refractivity contribution in [2.45, 2.75) is 18.6 Å². The number of nitrogens with two attached hydrogens (primary N) is 1. The average molecular weight is 235 g/mol. The van der Waals surface area contributed by atoms with Crippen molar-refractivity contribution in [1.29, 1.82) is 0 Å². The Kier molecular flexibility index (Phi) is 4.87. The Hall–Kier alpha value is -1.65. The number of carbonyl (C=O) groups excluding carboxylic acids is 1. The summed E-state index contributed by atoms with van der Waals surface area (Å²) in [6.45, 7) is 3.67. The molecule has 0 aliphatic heterocycles. The summed E-state index contributed by atoms with van der Waals surface area (Å²) in [7, 11) is 0. The second-order valence-electron chi connectivity index (χ2n) is 3.87. The molecule has 4 N–H and O–H groups in total. The molecule has 0 bridgehead atoms. The number of aliphatic hydroxyl groups is 2. The highest BCUT2D eigenvalue weighted by Gasteiger charge is 2.32. The molecule has 4 heteroatoms. The molecular formula is C13H17NO3. The summed E-state index contributed by atoms with van der Waals surface area (Å²) in [4.78, 5) is 8.58. The lowest BCUT2D eigenvalue weighted by Crippen LogP contribution is -2.33. The van der Waals surface area contributed by atoms with E-state index >= 15 is 0 Å². The molecule has 92 valence electrons. The van der Waals surface area contributed by atoms with E-state index in [2.05, 4.69) is 12.3 Å². The van der Waals surface area contributed by atoms with Gasteiger partial charge in [0.2, 0.25) is 6.41 Å². The monoisotopic (exact) mass is 235 g/mol. The van der Waals surface area contributed by atoms with E-state index in [9.17, 15) is 10.2 Å². The van der Waals surface area contributed by atoms with Gasteiger partial charge in [0.1, 0.15) is 6.10 Å². The van der Waals surface area contributed by atoms with Gasteiger partial charge in [-0.05, 0) is 17.5 Å². The van der Waals surface area contributed by atoms with Crippen LogP contribution in [0.4, 0.5) is 0 Å². The van der Waals surface area contributed by atoms with Crippen LogP contribution >= 0.6 is 0 Å². The standard InChI is InChI=1S/C12H14O2.CH3NO/c1-2-8-7-9-5-3-4-6-10(9)12(14)11(8)13;2-1-3/h2-6,8,11-14H,1,7H2;1H,(H2,2,3). The SMILES string of the molecule is C=CC1Cc2ccccc2C(O)C1O.NC=O. The highest BCUT2D eigenvalue weighted by atomic mass is 16.3. The van der Waals surface area contributed by atoms with Crippen molar-refractivity contribution in [3.05, 3.63) is 48.0 Å². The van der Waals surface area contributed by atoms with E-state index in [1.54, 1.807) is 6.08 Å². The van der Waals surface area contributed by atoms with Crippen LogP contribution in [0.3, 0.4) is 0 Å². The van der Waals surface area contributed by atoms with Gasteiger partial charge < -0.3 is 15.9 Å². The first-order chi connectivity index (χ1) is 8.15. The minimum Gasteiger partial charge on any atom is -0.389 e. The van der Waals surface area contributed by atoms with E-state index in [0.717, 1.165) is 17.5 Å². The summed E-state index contributed by atoms with van der Waals surface area (Å²) in [5, 5.41) is 19.6. The number of aliphatic hydroxyl groups excluding tert-OH is 2. The van der Waals surface area contributed by atoms with Crippen LogP contribution in [-0.4, -0.2) is 22.7 Å². The molecule has 1 aromatic carbocycles. The molecule has 0 spiro atoms. The molecule has 3 atom stereocenters. The normalized spacial score (nSPS) is 26.1. The number of fused-ring (bicyclic) bond motifs is 1. The number of primary amides is 1. The number of hydrogen-bond donors (Lipinski definition) is 3. The van der Waals surface area contributed by atoms with Gasteiger partial charge >= 0.3 is 0 Å². The van der Waals surface area contributed by atoms with Crippen molar-refractivity contribution in [1.82, 2.24) is 0 Å². The third-order valence-corrected chi connectivity index (χ3v) is 2.89. The first-order valence-electron chi connectivity index (χ1n) is 5.37. The molecule has 0 radical (unpaired) electrons. The zero-order valence-electron chi connectivity index (χ0n) is 9.49. The van der Waals surface area contributed by atoms with Gasteiger partial charge in [-0.25, -0.2) is 0 Å². The van der Waals surface area contributed by atoms with Crippen molar-refractivity contribution in [2.24, 2.45) is 11.7 Å². The van der Waals surface area contributed by atoms with Gasteiger partial charge in [0.05, 0.1) is 6.10 Å². The average Bonchev–Trinajstić information content (AvgIpc) is 2.35. The van der Waals surface area contributed by atoms with Crippen molar-refractivity contribution < 1.29 is 15.0 Å². The lowest BCUT2D eigenvalue weighted by atomic mass is 9.80. The number of hydrogen-bond acceptors (Lipinski definition) is 3. The van der Waals surface area contributed by atoms with Gasteiger partial charge in [0.15, 0.2) is 0 Å². The molecule has 1 aliphatic carbocycles. The van der Waals surface area contributed by atoms with Crippen LogP contribution in [0.1, 0.15) is 17.2 Å². The Morgan fingerprint density at radius 3 is 2.53 bits per heavy atom. The van der Waals surface area contributed by atoms with Crippen LogP contribution in [0.15, 0.2) is 36.9 Å². The highest BCUT2D eigenvalue weighted by Crippen LogP contribution is 2.33. The lowest BCUT2D eigenvalue weighted by Gasteiger charge is -2.31. The van der Waals surface area contributed by atoms with Gasteiger partial charge in [0.25, 0.3) is 0 Å². The molecule has 2 rings (SSSR count). The van der Waals surface area contributed by atoms with Gasteiger partial charge in [-0.15, -0.1) is 6.58 Å². The van der Waals surface area contributed by atoms with Crippen LogP contribution in [0, 0.1) is 5.92 Å². The summed E-state index contributed by atoms with van der Waals surface area (Å²) in [5.41, 5.74) is 6.12. The van der Waals surface area contributed by atoms with Gasteiger partial charge in [0, 0.05) is 5.92 Å². The third kappa shape index (κ3) is 2.93. The zero-order valence-corrected chi connectivity index (χ0v) is 9.49. The highest BCUT2D eigenvalue weighted by molar-refractivity contribution is 5.42. The maximum atomic E-state index is 9.83. The fourth-order valence-corrected chi connectivity index (χ4v) is 2.02. The largest absolute Gasteiger partial charge is 0.389 e. The number of carbonyl (C=O) groups is 1. The van der Waals surface area contributed by atoms with E-state index in [0.29, 0.717) is 0 Å². The molecule has 1 aliphatic rings. The van der Waals surface area contributed by atoms with Crippen LogP contribution in [-0.2, 0) is 11.2 Å². The fraction of sp³-hybridized carbons (Fsp3) is 0.308. The number of benzene rings is 1. The number of rotatable bonds is 1. The molecule has 0 aromatic heterocycles. The minimum atomic E-state index is -0.775. The molecular weight excluding hydrogens is 218 g/mol. The zero-order chi connectivity index (χ0) is 12.8. The second-order valence-corrected chi connectivity index (χ2v) is 3.87. The maximum absolute atomic E-state index is 9.83. The minimum absolute atomic E-state index is 0.0418. The van der Waals surface area contributed by atoms with Crippen LogP contribution < -0.4 is 5.73 Å². The summed E-state index contributed by atoms with van der Waals surface area (Å²) < 4.78 is 0. The van der Waals surface area contributed by atoms with E-state index in [-0.39, 0.29) is 12.3 Å². The van der Waals surface area contributed by atoms with E-state index in [1.807, 2.05) is 24.3 Å². The fourth-order valence-electron chi connectivity index (χ4n) is 2.02. The first-order valence-corrected chi connectivity index (χ1v) is 5.37. The van der Waals surface area contributed by atoms with Crippen molar-refractivity contribution >= 4 is 6.41 Å². The molecule has 17 heavy (non-hydrogen) atoms. The van der Waals surface area contributed by atoms with Crippen molar-refractivity contribution in [2.75, 3.05) is 0 Å². The van der Waals surface area contributed by atoms with E-state index in [1.165, 1.54) is 0 Å². The lowest BCUT2D eigenvalue weighted by molar-refractivity contribution is -0.106. The van der Waals surface area contributed by atoms with Gasteiger partial charge in [-0.2, -0.15) is 0 Å². The summed E-state index contributed by atoms with van der Waals surface area (Å²) in [6.07, 6.45) is 1.23. The molecule has 0 saturated carbocycles. The predicted octanol–water partition coefficient (Wildman–Crippen LogP) is 0.541. The van der Waals surface area contributed by atoms with Crippen LogP contribution in [0.25, 0.3) is 0 Å². The quantitative estimate of drug-likeness (QED) is 0.490. The Morgan fingerprint density at radius 2 is 1.94 bits per heavy atom. The molecule has 4 nitrogen and oxygen atoms in total. The Balaban J connectivity index is 0.000000437. The molecule has 0 heterocycles. The molecule has 1 aromatic rings. The van der Waals surface area contributed by atoms with Crippen LogP contribution in [0.2, 0.25) is 0 Å².